The second kappa shape index (κ2) is 13.4. The van der Waals surface area contributed by atoms with E-state index in [4.69, 9.17) is 5.73 Å². The van der Waals surface area contributed by atoms with Gasteiger partial charge < -0.3 is 31.9 Å². The van der Waals surface area contributed by atoms with Crippen molar-refractivity contribution in [1.82, 2.24) is 16.0 Å². The van der Waals surface area contributed by atoms with Gasteiger partial charge in [-0.15, -0.1) is 0 Å². The summed E-state index contributed by atoms with van der Waals surface area (Å²) in [6.45, 7) is 6.24. The second-order valence-electron chi connectivity index (χ2n) is 7.42. The first-order valence-electron chi connectivity index (χ1n) is 9.45. The lowest BCUT2D eigenvalue weighted by Crippen LogP contribution is -2.59. The van der Waals surface area contributed by atoms with Crippen molar-refractivity contribution in [2.75, 3.05) is 18.6 Å². The van der Waals surface area contributed by atoms with Crippen molar-refractivity contribution in [1.29, 1.82) is 0 Å². The topological polar surface area (TPSA) is 171 Å². The van der Waals surface area contributed by atoms with Gasteiger partial charge in [-0.2, -0.15) is 11.8 Å². The normalized spacial score (nSPS) is 15.3. The minimum absolute atomic E-state index is 0.129. The number of carboxylic acid groups (broad SMARTS) is 1. The number of aliphatic hydroxyl groups is 1. The third-order valence-electron chi connectivity index (χ3n) is 4.31. The Kier molecular flexibility index (Phi) is 12.5. The third-order valence-corrected chi connectivity index (χ3v) is 4.95. The number of aliphatic carboxylic acids is 1. The van der Waals surface area contributed by atoms with Gasteiger partial charge in [-0.05, 0) is 30.3 Å². The molecule has 4 atom stereocenters. The van der Waals surface area contributed by atoms with Gasteiger partial charge in [0.15, 0.2) is 0 Å². The Morgan fingerprint density at radius 3 is 1.86 bits per heavy atom. The van der Waals surface area contributed by atoms with Crippen LogP contribution in [0, 0.1) is 11.8 Å². The molecule has 0 spiro atoms. The van der Waals surface area contributed by atoms with Crippen LogP contribution in [0.15, 0.2) is 0 Å². The van der Waals surface area contributed by atoms with Crippen molar-refractivity contribution >= 4 is 35.5 Å². The van der Waals surface area contributed by atoms with Crippen LogP contribution < -0.4 is 21.7 Å². The molecular weight excluding hydrogens is 400 g/mol. The third kappa shape index (κ3) is 9.46. The number of nitrogens with one attached hydrogen (secondary N) is 3. The summed E-state index contributed by atoms with van der Waals surface area (Å²) in [5, 5.41) is 26.0. The molecule has 11 heteroatoms. The van der Waals surface area contributed by atoms with E-state index >= 15 is 0 Å². The van der Waals surface area contributed by atoms with Crippen molar-refractivity contribution < 1.29 is 29.4 Å². The lowest BCUT2D eigenvalue weighted by Gasteiger charge is -2.27. The van der Waals surface area contributed by atoms with Crippen LogP contribution in [-0.2, 0) is 19.2 Å². The number of thioether (sulfide) groups is 1. The van der Waals surface area contributed by atoms with Gasteiger partial charge in [-0.3, -0.25) is 14.4 Å². The van der Waals surface area contributed by atoms with Gasteiger partial charge >= 0.3 is 5.97 Å². The summed E-state index contributed by atoms with van der Waals surface area (Å²) >= 11 is 1.43. The zero-order valence-corrected chi connectivity index (χ0v) is 18.4. The molecule has 0 aliphatic rings. The molecule has 0 aromatic heterocycles. The number of aliphatic hydroxyl groups excluding tert-OH is 1. The first-order chi connectivity index (χ1) is 13.5. The summed E-state index contributed by atoms with van der Waals surface area (Å²) < 4.78 is 0. The minimum Gasteiger partial charge on any atom is -0.480 e. The Hall–Kier alpha value is -1.85. The van der Waals surface area contributed by atoms with Crippen LogP contribution in [0.25, 0.3) is 0 Å². The van der Waals surface area contributed by atoms with Crippen molar-refractivity contribution in [3.8, 4) is 0 Å². The maximum atomic E-state index is 12.6. The maximum absolute atomic E-state index is 12.6. The van der Waals surface area contributed by atoms with Crippen molar-refractivity contribution in [3.63, 3.8) is 0 Å². The van der Waals surface area contributed by atoms with E-state index in [9.17, 15) is 29.4 Å². The van der Waals surface area contributed by atoms with Gasteiger partial charge in [-0.1, -0.05) is 27.7 Å². The van der Waals surface area contributed by atoms with Crippen LogP contribution in [0.4, 0.5) is 0 Å². The van der Waals surface area contributed by atoms with Crippen molar-refractivity contribution in [2.45, 2.75) is 58.3 Å². The number of carboxylic acids is 1. The molecule has 0 radical (unpaired) electrons. The molecule has 0 aromatic carbocycles. The van der Waals surface area contributed by atoms with E-state index in [0.29, 0.717) is 5.75 Å². The summed E-state index contributed by atoms with van der Waals surface area (Å²) in [4.78, 5) is 48.4. The fourth-order valence-corrected chi connectivity index (χ4v) is 2.78. The summed E-state index contributed by atoms with van der Waals surface area (Å²) in [5.41, 5.74) is 5.80. The predicted molar refractivity (Wildman–Crippen MR) is 111 cm³/mol. The summed E-state index contributed by atoms with van der Waals surface area (Å²) in [6.07, 6.45) is 2.01. The molecule has 29 heavy (non-hydrogen) atoms. The average Bonchev–Trinajstić information content (AvgIpc) is 2.65. The number of amides is 3. The van der Waals surface area contributed by atoms with Crippen LogP contribution in [0.2, 0.25) is 0 Å². The first kappa shape index (κ1) is 27.1. The molecule has 10 nitrogen and oxygen atoms in total. The van der Waals surface area contributed by atoms with E-state index in [1.165, 1.54) is 11.8 Å². The predicted octanol–water partition coefficient (Wildman–Crippen LogP) is -1.09. The van der Waals surface area contributed by atoms with Crippen molar-refractivity contribution in [2.24, 2.45) is 17.6 Å². The van der Waals surface area contributed by atoms with Gasteiger partial charge in [0.25, 0.3) is 0 Å². The Balaban J connectivity index is 5.12. The van der Waals surface area contributed by atoms with E-state index in [0.717, 1.165) is 0 Å². The highest BCUT2D eigenvalue weighted by Gasteiger charge is 2.31. The molecule has 168 valence electrons. The number of nitrogens with two attached hydrogens (primary N) is 1. The molecule has 0 aliphatic heterocycles. The molecule has 0 aromatic rings. The average molecular weight is 435 g/mol. The first-order valence-corrected chi connectivity index (χ1v) is 10.8. The molecule has 3 amide bonds. The van der Waals surface area contributed by atoms with E-state index < -0.39 is 54.5 Å². The molecule has 0 aliphatic carbocycles. The number of hydrogen-bond donors (Lipinski definition) is 6. The Bertz CT molecular complexity index is 573. The number of carbonyl (C=O) groups excluding carboxylic acids is 3. The largest absolute Gasteiger partial charge is 0.480 e. The highest BCUT2D eigenvalue weighted by molar-refractivity contribution is 7.98. The molecule has 0 bridgehead atoms. The molecule has 0 fully saturated rings. The number of rotatable bonds is 13. The maximum Gasteiger partial charge on any atom is 0.326 e. The van der Waals surface area contributed by atoms with Gasteiger partial charge in [0.2, 0.25) is 17.7 Å². The Labute approximate surface area is 175 Å². The highest BCUT2D eigenvalue weighted by atomic mass is 32.2. The second-order valence-corrected chi connectivity index (χ2v) is 8.41. The summed E-state index contributed by atoms with van der Waals surface area (Å²) in [7, 11) is 0. The lowest BCUT2D eigenvalue weighted by molar-refractivity contribution is -0.142. The van der Waals surface area contributed by atoms with Crippen LogP contribution in [0.1, 0.15) is 34.1 Å². The summed E-state index contributed by atoms with van der Waals surface area (Å²) in [5.74, 6) is -3.11. The summed E-state index contributed by atoms with van der Waals surface area (Å²) in [6, 6.07) is -4.25. The molecule has 4 unspecified atom stereocenters. The molecule has 0 heterocycles. The zero-order valence-electron chi connectivity index (χ0n) is 17.6. The fourth-order valence-electron chi connectivity index (χ4n) is 2.31. The van der Waals surface area contributed by atoms with Crippen LogP contribution in [-0.4, -0.2) is 76.7 Å². The lowest BCUT2D eigenvalue weighted by atomic mass is 10.00. The molecule has 0 saturated carbocycles. The number of carbonyl (C=O) groups is 4. The van der Waals surface area contributed by atoms with E-state index in [-0.39, 0.29) is 18.3 Å². The standard InChI is InChI=1S/C18H34N4O6S/c1-9(2)13(19)16(25)22-14(10(3)4)17(26)21-12(8-23)15(24)20-11(18(27)28)6-7-29-5/h9-14,23H,6-8,19H2,1-5H3,(H,20,24)(H,21,26)(H,22,25)(H,27,28). The fraction of sp³-hybridized carbons (Fsp3) is 0.778. The molecule has 7 N–H and O–H groups in total. The Morgan fingerprint density at radius 2 is 1.45 bits per heavy atom. The van der Waals surface area contributed by atoms with Crippen LogP contribution >= 0.6 is 11.8 Å². The van der Waals surface area contributed by atoms with Gasteiger partial charge in [0.1, 0.15) is 18.1 Å². The van der Waals surface area contributed by atoms with Crippen LogP contribution in [0.5, 0.6) is 0 Å². The smallest absolute Gasteiger partial charge is 0.326 e. The van der Waals surface area contributed by atoms with Gasteiger partial charge in [-0.25, -0.2) is 4.79 Å². The minimum atomic E-state index is -1.35. The van der Waals surface area contributed by atoms with E-state index in [2.05, 4.69) is 16.0 Å². The number of hydrogen-bond acceptors (Lipinski definition) is 7. The molecule has 0 saturated heterocycles. The monoisotopic (exact) mass is 434 g/mol. The van der Waals surface area contributed by atoms with Gasteiger partial charge in [0.05, 0.1) is 12.6 Å². The van der Waals surface area contributed by atoms with Crippen LogP contribution in [0.3, 0.4) is 0 Å². The molecular formula is C18H34N4O6S. The molecule has 0 rings (SSSR count). The van der Waals surface area contributed by atoms with E-state index in [1.807, 2.05) is 6.26 Å². The van der Waals surface area contributed by atoms with Gasteiger partial charge in [0, 0.05) is 0 Å². The quantitative estimate of drug-likeness (QED) is 0.212. The van der Waals surface area contributed by atoms with Crippen molar-refractivity contribution in [3.05, 3.63) is 0 Å². The highest BCUT2D eigenvalue weighted by Crippen LogP contribution is 2.06. The SMILES string of the molecule is CSCCC(NC(=O)C(CO)NC(=O)C(NC(=O)C(N)C(C)C)C(C)C)C(=O)O. The Morgan fingerprint density at radius 1 is 0.897 bits per heavy atom. The zero-order chi connectivity index (χ0) is 22.7. The van der Waals surface area contributed by atoms with E-state index in [1.54, 1.807) is 27.7 Å².